The minimum Gasteiger partial charge on any atom is -0.386 e. The van der Waals surface area contributed by atoms with Crippen molar-refractivity contribution < 1.29 is 14.2 Å². The Bertz CT molecular complexity index is 416. The third-order valence-electron chi connectivity index (χ3n) is 3.63. The van der Waals surface area contributed by atoms with Crippen LogP contribution in [0.15, 0.2) is 18.3 Å². The number of aliphatic hydroxyl groups is 1. The van der Waals surface area contributed by atoms with Gasteiger partial charge in [-0.1, -0.05) is 6.92 Å². The van der Waals surface area contributed by atoms with E-state index in [4.69, 9.17) is 4.74 Å². The second-order valence-electron chi connectivity index (χ2n) is 5.80. The Morgan fingerprint density at radius 1 is 1.40 bits per heavy atom. The largest absolute Gasteiger partial charge is 0.386 e. The molecule has 0 spiro atoms. The van der Waals surface area contributed by atoms with E-state index < -0.39 is 6.10 Å². The number of pyridine rings is 1. The highest BCUT2D eigenvalue weighted by molar-refractivity contribution is 5.09. The molecule has 1 aliphatic heterocycles. The van der Waals surface area contributed by atoms with Crippen molar-refractivity contribution in [2.75, 3.05) is 19.6 Å². The molecule has 1 saturated heterocycles. The number of morpholine rings is 1. The Labute approximate surface area is 119 Å². The standard InChI is InChI=1S/C15H23FN2O2/c1-10(7-18-8-11(2)20-12(3)9-18)15(19)14-5-4-13(16)6-17-14/h4-6,10-12,15,19H,7-9H2,1-3H3/t10?,11-,12+,15?. The van der Waals surface area contributed by atoms with Gasteiger partial charge in [0, 0.05) is 25.6 Å². The summed E-state index contributed by atoms with van der Waals surface area (Å²) in [5.41, 5.74) is 0.522. The Kier molecular flexibility index (Phi) is 5.07. The van der Waals surface area contributed by atoms with Crippen LogP contribution in [-0.4, -0.2) is 46.8 Å². The van der Waals surface area contributed by atoms with Crippen LogP contribution in [-0.2, 0) is 4.74 Å². The second-order valence-corrected chi connectivity index (χ2v) is 5.80. The second kappa shape index (κ2) is 6.61. The molecule has 112 valence electrons. The van der Waals surface area contributed by atoms with Gasteiger partial charge in [0.1, 0.15) is 5.82 Å². The molecule has 0 amide bonds. The Morgan fingerprint density at radius 2 is 2.05 bits per heavy atom. The maximum atomic E-state index is 12.8. The van der Waals surface area contributed by atoms with E-state index in [2.05, 4.69) is 23.7 Å². The minimum atomic E-state index is -0.677. The summed E-state index contributed by atoms with van der Waals surface area (Å²) >= 11 is 0. The minimum absolute atomic E-state index is 0.0328. The maximum absolute atomic E-state index is 12.8. The lowest BCUT2D eigenvalue weighted by atomic mass is 10.00. The molecule has 20 heavy (non-hydrogen) atoms. The van der Waals surface area contributed by atoms with E-state index in [0.717, 1.165) is 25.8 Å². The van der Waals surface area contributed by atoms with Gasteiger partial charge in [-0.3, -0.25) is 9.88 Å². The van der Waals surface area contributed by atoms with Gasteiger partial charge in [-0.05, 0) is 26.0 Å². The number of aromatic nitrogens is 1. The highest BCUT2D eigenvalue weighted by Gasteiger charge is 2.26. The smallest absolute Gasteiger partial charge is 0.141 e. The molecule has 0 bridgehead atoms. The predicted molar refractivity (Wildman–Crippen MR) is 74.8 cm³/mol. The van der Waals surface area contributed by atoms with E-state index in [9.17, 15) is 9.50 Å². The number of hydrogen-bond acceptors (Lipinski definition) is 4. The van der Waals surface area contributed by atoms with Gasteiger partial charge < -0.3 is 9.84 Å². The predicted octanol–water partition coefficient (Wildman–Crippen LogP) is 2.00. The zero-order valence-corrected chi connectivity index (χ0v) is 12.3. The van der Waals surface area contributed by atoms with Gasteiger partial charge in [0.2, 0.25) is 0 Å². The van der Waals surface area contributed by atoms with Crippen LogP contribution in [0, 0.1) is 11.7 Å². The summed E-state index contributed by atoms with van der Waals surface area (Å²) in [6, 6.07) is 2.87. The highest BCUT2D eigenvalue weighted by atomic mass is 19.1. The van der Waals surface area contributed by atoms with Crippen LogP contribution in [0.5, 0.6) is 0 Å². The monoisotopic (exact) mass is 282 g/mol. The normalized spacial score (nSPS) is 27.2. The van der Waals surface area contributed by atoms with Crippen molar-refractivity contribution in [2.45, 2.75) is 39.1 Å². The zero-order valence-electron chi connectivity index (χ0n) is 12.3. The topological polar surface area (TPSA) is 45.6 Å². The van der Waals surface area contributed by atoms with Gasteiger partial charge in [-0.2, -0.15) is 0 Å². The Hall–Kier alpha value is -1.04. The van der Waals surface area contributed by atoms with Crippen LogP contribution < -0.4 is 0 Å². The van der Waals surface area contributed by atoms with Crippen LogP contribution >= 0.6 is 0 Å². The molecule has 2 rings (SSSR count). The molecule has 2 unspecified atom stereocenters. The lowest BCUT2D eigenvalue weighted by Gasteiger charge is -2.37. The van der Waals surface area contributed by atoms with Crippen LogP contribution in [0.1, 0.15) is 32.6 Å². The third kappa shape index (κ3) is 3.98. The lowest BCUT2D eigenvalue weighted by molar-refractivity contribution is -0.0755. The molecule has 0 aromatic carbocycles. The van der Waals surface area contributed by atoms with Crippen molar-refractivity contribution >= 4 is 0 Å². The first-order valence-corrected chi connectivity index (χ1v) is 7.13. The van der Waals surface area contributed by atoms with Crippen molar-refractivity contribution in [1.82, 2.24) is 9.88 Å². The molecule has 0 saturated carbocycles. The number of rotatable bonds is 4. The van der Waals surface area contributed by atoms with Crippen LogP contribution in [0.25, 0.3) is 0 Å². The van der Waals surface area contributed by atoms with Crippen molar-refractivity contribution in [1.29, 1.82) is 0 Å². The van der Waals surface area contributed by atoms with Crippen molar-refractivity contribution in [2.24, 2.45) is 5.92 Å². The van der Waals surface area contributed by atoms with E-state index in [0.29, 0.717) is 5.69 Å². The SMILES string of the molecule is CC(CN1C[C@@H](C)O[C@@H](C)C1)C(O)c1ccc(F)cn1. The van der Waals surface area contributed by atoms with Crippen LogP contribution in [0.3, 0.4) is 0 Å². The fourth-order valence-electron chi connectivity index (χ4n) is 2.79. The van der Waals surface area contributed by atoms with Gasteiger partial charge in [0.15, 0.2) is 0 Å². The summed E-state index contributed by atoms with van der Waals surface area (Å²) < 4.78 is 18.5. The molecular weight excluding hydrogens is 259 g/mol. The molecule has 1 aromatic heterocycles. The zero-order chi connectivity index (χ0) is 14.7. The van der Waals surface area contributed by atoms with Gasteiger partial charge >= 0.3 is 0 Å². The van der Waals surface area contributed by atoms with E-state index >= 15 is 0 Å². The fraction of sp³-hybridized carbons (Fsp3) is 0.667. The van der Waals surface area contributed by atoms with Gasteiger partial charge in [-0.25, -0.2) is 4.39 Å². The molecule has 1 aromatic rings. The van der Waals surface area contributed by atoms with Crippen molar-refractivity contribution in [3.63, 3.8) is 0 Å². The van der Waals surface area contributed by atoms with Gasteiger partial charge in [-0.15, -0.1) is 0 Å². The Morgan fingerprint density at radius 3 is 2.60 bits per heavy atom. The van der Waals surface area contributed by atoms with Gasteiger partial charge in [0.05, 0.1) is 30.2 Å². The van der Waals surface area contributed by atoms with E-state index in [1.165, 1.54) is 6.07 Å². The molecule has 1 fully saturated rings. The molecule has 4 nitrogen and oxygen atoms in total. The first-order chi connectivity index (χ1) is 9.45. The first-order valence-electron chi connectivity index (χ1n) is 7.13. The third-order valence-corrected chi connectivity index (χ3v) is 3.63. The highest BCUT2D eigenvalue weighted by Crippen LogP contribution is 2.22. The summed E-state index contributed by atoms with van der Waals surface area (Å²) in [4.78, 5) is 6.26. The average molecular weight is 282 g/mol. The maximum Gasteiger partial charge on any atom is 0.141 e. The average Bonchev–Trinajstić information content (AvgIpc) is 2.37. The molecule has 1 N–H and O–H groups in total. The van der Waals surface area contributed by atoms with Gasteiger partial charge in [0.25, 0.3) is 0 Å². The fourth-order valence-corrected chi connectivity index (χ4v) is 2.79. The summed E-state index contributed by atoms with van der Waals surface area (Å²) in [6.07, 6.45) is 0.896. The number of halogens is 1. The number of aliphatic hydroxyl groups excluding tert-OH is 1. The number of ether oxygens (including phenoxy) is 1. The van der Waals surface area contributed by atoms with Crippen LogP contribution in [0.2, 0.25) is 0 Å². The lowest BCUT2D eigenvalue weighted by Crippen LogP contribution is -2.47. The molecule has 0 aliphatic carbocycles. The molecule has 1 aliphatic rings. The molecule has 5 heteroatoms. The summed E-state index contributed by atoms with van der Waals surface area (Å²) in [5, 5.41) is 10.3. The number of hydrogen-bond donors (Lipinski definition) is 1. The first kappa shape index (κ1) is 15.4. The summed E-state index contributed by atoms with van der Waals surface area (Å²) in [6.45, 7) is 8.63. The summed E-state index contributed by atoms with van der Waals surface area (Å²) in [5.74, 6) is -0.352. The van der Waals surface area contributed by atoms with E-state index in [1.54, 1.807) is 6.07 Å². The number of nitrogens with zero attached hydrogens (tertiary/aromatic N) is 2. The molecule has 0 radical (unpaired) electrons. The summed E-state index contributed by atoms with van der Waals surface area (Å²) in [7, 11) is 0. The van der Waals surface area contributed by atoms with E-state index in [1.807, 2.05) is 6.92 Å². The van der Waals surface area contributed by atoms with Crippen LogP contribution in [0.4, 0.5) is 4.39 Å². The quantitative estimate of drug-likeness (QED) is 0.917. The molecule has 4 atom stereocenters. The molecule has 2 heterocycles. The molecular formula is C15H23FN2O2. The van der Waals surface area contributed by atoms with Crippen molar-refractivity contribution in [3.8, 4) is 0 Å². The van der Waals surface area contributed by atoms with Crippen molar-refractivity contribution in [3.05, 3.63) is 29.8 Å². The Balaban J connectivity index is 1.93. The van der Waals surface area contributed by atoms with E-state index in [-0.39, 0.29) is 23.9 Å².